The van der Waals surface area contributed by atoms with Crippen LogP contribution in [0.25, 0.3) is 10.6 Å². The molecule has 0 spiro atoms. The Labute approximate surface area is 119 Å². The smallest absolute Gasteiger partial charge is 0.127 e. The van der Waals surface area contributed by atoms with Crippen molar-refractivity contribution in [1.29, 1.82) is 0 Å². The van der Waals surface area contributed by atoms with Gasteiger partial charge in [0.05, 0.1) is 11.3 Å². The Hall–Kier alpha value is -1.35. The summed E-state index contributed by atoms with van der Waals surface area (Å²) in [5, 5.41) is 10.9. The molecule has 1 N–H and O–H groups in total. The minimum Gasteiger partial charge on any atom is -0.507 e. The molecule has 0 unspecified atom stereocenters. The van der Waals surface area contributed by atoms with E-state index in [0.29, 0.717) is 17.6 Å². The number of thiazole rings is 1. The van der Waals surface area contributed by atoms with E-state index >= 15 is 0 Å². The van der Waals surface area contributed by atoms with Crippen molar-refractivity contribution in [3.05, 3.63) is 34.8 Å². The zero-order valence-corrected chi connectivity index (χ0v) is 12.8. The van der Waals surface area contributed by atoms with E-state index in [1.807, 2.05) is 18.2 Å². The number of para-hydroxylation sites is 1. The van der Waals surface area contributed by atoms with E-state index in [4.69, 9.17) is 4.98 Å². The second-order valence-corrected chi connectivity index (χ2v) is 6.63. The Morgan fingerprint density at radius 2 is 1.84 bits per heavy atom. The molecule has 3 heteroatoms. The maximum absolute atomic E-state index is 9.95. The third kappa shape index (κ3) is 3.16. The Balaban J connectivity index is 2.46. The number of aromatic hydroxyl groups is 1. The van der Waals surface area contributed by atoms with Crippen molar-refractivity contribution < 1.29 is 5.11 Å². The third-order valence-electron chi connectivity index (χ3n) is 2.99. The second-order valence-electron chi connectivity index (χ2n) is 5.60. The van der Waals surface area contributed by atoms with Crippen molar-refractivity contribution in [3.8, 4) is 16.3 Å². The number of phenolic OH excluding ortho intramolecular Hbond substituents is 1. The van der Waals surface area contributed by atoms with Crippen molar-refractivity contribution in [2.75, 3.05) is 0 Å². The molecule has 1 aromatic carbocycles. The number of rotatable bonds is 4. The number of benzene rings is 1. The minimum atomic E-state index is 0.308. The van der Waals surface area contributed by atoms with Crippen LogP contribution in [0.15, 0.2) is 24.3 Å². The largest absolute Gasteiger partial charge is 0.507 e. The van der Waals surface area contributed by atoms with Crippen molar-refractivity contribution >= 4 is 11.3 Å². The highest BCUT2D eigenvalue weighted by molar-refractivity contribution is 7.15. The summed E-state index contributed by atoms with van der Waals surface area (Å²) >= 11 is 1.71. The summed E-state index contributed by atoms with van der Waals surface area (Å²) in [6, 6.07) is 7.42. The van der Waals surface area contributed by atoms with Gasteiger partial charge >= 0.3 is 0 Å². The molecule has 0 radical (unpaired) electrons. The Kier molecular flexibility index (Phi) is 4.25. The number of nitrogens with zero attached hydrogens (tertiary/aromatic N) is 1. The summed E-state index contributed by atoms with van der Waals surface area (Å²) < 4.78 is 0. The van der Waals surface area contributed by atoms with Gasteiger partial charge in [-0.1, -0.05) is 39.8 Å². The lowest BCUT2D eigenvalue weighted by atomic mass is 10.0. The number of hydrogen-bond donors (Lipinski definition) is 1. The maximum atomic E-state index is 9.95. The molecular weight excluding hydrogens is 254 g/mol. The zero-order chi connectivity index (χ0) is 14.0. The lowest BCUT2D eigenvalue weighted by Crippen LogP contribution is -1.99. The van der Waals surface area contributed by atoms with Crippen LogP contribution < -0.4 is 0 Å². The van der Waals surface area contributed by atoms with Crippen LogP contribution in [0, 0.1) is 5.92 Å². The van der Waals surface area contributed by atoms with Gasteiger partial charge in [-0.3, -0.25) is 0 Å². The molecule has 0 atom stereocenters. The second kappa shape index (κ2) is 5.74. The lowest BCUT2D eigenvalue weighted by Gasteiger charge is -2.06. The molecule has 19 heavy (non-hydrogen) atoms. The standard InChI is InChI=1S/C16H21NOS/c1-10(2)9-13-15(11(3)4)19-16(17-13)12-7-5-6-8-14(12)18/h5-8,10-11,18H,9H2,1-4H3. The van der Waals surface area contributed by atoms with Crippen LogP contribution in [0.1, 0.15) is 44.2 Å². The van der Waals surface area contributed by atoms with E-state index < -0.39 is 0 Å². The fraction of sp³-hybridized carbons (Fsp3) is 0.438. The first-order chi connectivity index (χ1) is 8.99. The molecule has 0 aliphatic heterocycles. The van der Waals surface area contributed by atoms with E-state index in [9.17, 15) is 5.11 Å². The highest BCUT2D eigenvalue weighted by atomic mass is 32.1. The van der Waals surface area contributed by atoms with Crippen LogP contribution in [-0.2, 0) is 6.42 Å². The predicted molar refractivity (Wildman–Crippen MR) is 81.8 cm³/mol. The zero-order valence-electron chi connectivity index (χ0n) is 12.0. The van der Waals surface area contributed by atoms with Gasteiger partial charge in [0.15, 0.2) is 0 Å². The third-order valence-corrected chi connectivity index (χ3v) is 4.42. The van der Waals surface area contributed by atoms with Gasteiger partial charge in [-0.2, -0.15) is 0 Å². The highest BCUT2D eigenvalue weighted by Gasteiger charge is 2.17. The molecule has 0 fully saturated rings. The summed E-state index contributed by atoms with van der Waals surface area (Å²) in [5.74, 6) is 1.38. The quantitative estimate of drug-likeness (QED) is 0.866. The maximum Gasteiger partial charge on any atom is 0.127 e. The van der Waals surface area contributed by atoms with Crippen LogP contribution in [0.3, 0.4) is 0 Å². The Morgan fingerprint density at radius 3 is 2.42 bits per heavy atom. The van der Waals surface area contributed by atoms with Gasteiger partial charge in [-0.05, 0) is 30.4 Å². The van der Waals surface area contributed by atoms with E-state index in [1.54, 1.807) is 17.4 Å². The van der Waals surface area contributed by atoms with Gasteiger partial charge in [0.25, 0.3) is 0 Å². The average Bonchev–Trinajstić information content (AvgIpc) is 2.72. The van der Waals surface area contributed by atoms with Gasteiger partial charge in [-0.15, -0.1) is 11.3 Å². The summed E-state index contributed by atoms with van der Waals surface area (Å²) in [7, 11) is 0. The first-order valence-corrected chi connectivity index (χ1v) is 7.58. The predicted octanol–water partition coefficient (Wildman–Crippen LogP) is 4.84. The monoisotopic (exact) mass is 275 g/mol. The summed E-state index contributed by atoms with van der Waals surface area (Å²) in [6.45, 7) is 8.82. The normalized spacial score (nSPS) is 11.5. The first kappa shape index (κ1) is 14.1. The van der Waals surface area contributed by atoms with Gasteiger partial charge in [0.1, 0.15) is 10.8 Å². The van der Waals surface area contributed by atoms with Gasteiger partial charge < -0.3 is 5.11 Å². The Bertz CT molecular complexity index is 558. The Morgan fingerprint density at radius 1 is 1.16 bits per heavy atom. The van der Waals surface area contributed by atoms with Crippen molar-refractivity contribution in [3.63, 3.8) is 0 Å². The minimum absolute atomic E-state index is 0.308. The molecule has 102 valence electrons. The van der Waals surface area contributed by atoms with E-state index in [-0.39, 0.29) is 0 Å². The molecule has 1 aromatic heterocycles. The fourth-order valence-electron chi connectivity index (χ4n) is 2.12. The van der Waals surface area contributed by atoms with Crippen molar-refractivity contribution in [1.82, 2.24) is 4.98 Å². The molecular formula is C16H21NOS. The molecule has 1 heterocycles. The van der Waals surface area contributed by atoms with Crippen LogP contribution in [-0.4, -0.2) is 10.1 Å². The molecule has 0 amide bonds. The molecule has 2 rings (SSSR count). The van der Waals surface area contributed by atoms with Gasteiger partial charge in [0.2, 0.25) is 0 Å². The molecule has 0 bridgehead atoms. The molecule has 2 aromatic rings. The average molecular weight is 275 g/mol. The summed E-state index contributed by atoms with van der Waals surface area (Å²) in [6.07, 6.45) is 0.998. The number of phenols is 1. The van der Waals surface area contributed by atoms with Gasteiger partial charge in [0, 0.05) is 4.88 Å². The molecule has 0 aliphatic carbocycles. The number of aromatic nitrogens is 1. The summed E-state index contributed by atoms with van der Waals surface area (Å²) in [5.41, 5.74) is 2.03. The molecule has 0 aliphatic rings. The van der Waals surface area contributed by atoms with E-state index in [1.165, 1.54) is 10.6 Å². The molecule has 0 saturated heterocycles. The molecule has 2 nitrogen and oxygen atoms in total. The van der Waals surface area contributed by atoms with E-state index in [2.05, 4.69) is 27.7 Å². The van der Waals surface area contributed by atoms with Gasteiger partial charge in [-0.25, -0.2) is 4.98 Å². The van der Waals surface area contributed by atoms with Crippen LogP contribution in [0.5, 0.6) is 5.75 Å². The lowest BCUT2D eigenvalue weighted by molar-refractivity contribution is 0.477. The van der Waals surface area contributed by atoms with Crippen LogP contribution in [0.4, 0.5) is 0 Å². The van der Waals surface area contributed by atoms with Crippen LogP contribution in [0.2, 0.25) is 0 Å². The topological polar surface area (TPSA) is 33.1 Å². The van der Waals surface area contributed by atoms with Crippen LogP contribution >= 0.6 is 11.3 Å². The van der Waals surface area contributed by atoms with Crippen molar-refractivity contribution in [2.24, 2.45) is 5.92 Å². The fourth-order valence-corrected chi connectivity index (χ4v) is 3.25. The van der Waals surface area contributed by atoms with Crippen molar-refractivity contribution in [2.45, 2.75) is 40.0 Å². The first-order valence-electron chi connectivity index (χ1n) is 6.77. The molecule has 0 saturated carbocycles. The highest BCUT2D eigenvalue weighted by Crippen LogP contribution is 2.37. The SMILES string of the molecule is CC(C)Cc1nc(-c2ccccc2O)sc1C(C)C. The van der Waals surface area contributed by atoms with E-state index in [0.717, 1.165) is 17.0 Å². The summed E-state index contributed by atoms with van der Waals surface area (Å²) in [4.78, 5) is 6.10. The number of hydrogen-bond acceptors (Lipinski definition) is 3.